The summed E-state index contributed by atoms with van der Waals surface area (Å²) < 4.78 is 14.1. The number of halogens is 1. The van der Waals surface area contributed by atoms with Gasteiger partial charge in [0.25, 0.3) is 0 Å². The summed E-state index contributed by atoms with van der Waals surface area (Å²) in [5.74, 6) is -0.605. The molecule has 1 aromatic heterocycles. The fraction of sp³-hybridized carbons (Fsp3) is 0.111. The first kappa shape index (κ1) is 15.7. The van der Waals surface area contributed by atoms with Crippen molar-refractivity contribution in [2.75, 3.05) is 10.6 Å². The summed E-state index contributed by atoms with van der Waals surface area (Å²) in [5.41, 5.74) is 2.76. The van der Waals surface area contributed by atoms with Gasteiger partial charge in [0, 0.05) is 22.8 Å². The Hall–Kier alpha value is -3.15. The molecule has 3 N–H and O–H groups in total. The maximum atomic E-state index is 14.1. The molecule has 3 aromatic rings. The Labute approximate surface area is 137 Å². The Morgan fingerprint density at radius 3 is 2.58 bits per heavy atom. The van der Waals surface area contributed by atoms with E-state index in [9.17, 15) is 14.0 Å². The quantitative estimate of drug-likeness (QED) is 0.668. The molecule has 0 spiro atoms. The van der Waals surface area contributed by atoms with Gasteiger partial charge in [-0.1, -0.05) is 17.7 Å². The highest BCUT2D eigenvalue weighted by Crippen LogP contribution is 2.21. The molecule has 0 bridgehead atoms. The molecule has 0 aliphatic rings. The molecule has 5 nitrogen and oxygen atoms in total. The number of aromatic amines is 1. The maximum Gasteiger partial charge on any atom is 0.323 e. The zero-order chi connectivity index (χ0) is 17.3. The molecule has 0 fully saturated rings. The molecule has 3 rings (SSSR count). The smallest absolute Gasteiger partial charge is 0.319 e. The Kier molecular flexibility index (Phi) is 4.04. The lowest BCUT2D eigenvalue weighted by Gasteiger charge is -2.11. The number of rotatable bonds is 2. The molecule has 1 heterocycles. The van der Waals surface area contributed by atoms with E-state index in [0.717, 1.165) is 11.1 Å². The average Bonchev–Trinajstić information content (AvgIpc) is 2.51. The number of benzene rings is 2. The van der Waals surface area contributed by atoms with Gasteiger partial charge in [-0.15, -0.1) is 0 Å². The summed E-state index contributed by atoms with van der Waals surface area (Å²) >= 11 is 0. The van der Waals surface area contributed by atoms with Crippen molar-refractivity contribution in [2.45, 2.75) is 13.8 Å². The van der Waals surface area contributed by atoms with Gasteiger partial charge in [-0.25, -0.2) is 9.18 Å². The van der Waals surface area contributed by atoms with Crippen LogP contribution in [0.1, 0.15) is 11.1 Å². The van der Waals surface area contributed by atoms with Crippen molar-refractivity contribution in [1.29, 1.82) is 0 Å². The standard InChI is InChI=1S/C18H16FN3O2/c1-10-3-5-15(11(2)7-10)21-18(24)20-13-8-12-4-6-16(23)22-17(12)14(19)9-13/h3-9H,1-2H3,(H,22,23)(H2,20,21,24). The molecule has 0 atom stereocenters. The molecular weight excluding hydrogens is 309 g/mol. The summed E-state index contributed by atoms with van der Waals surface area (Å²) in [6, 6.07) is 10.8. The Bertz CT molecular complexity index is 995. The average molecular weight is 325 g/mol. The van der Waals surface area contributed by atoms with Gasteiger partial charge >= 0.3 is 6.03 Å². The molecule has 0 aliphatic heterocycles. The number of pyridine rings is 1. The maximum absolute atomic E-state index is 14.1. The number of anilines is 2. The van der Waals surface area contributed by atoms with Crippen molar-refractivity contribution in [1.82, 2.24) is 4.98 Å². The van der Waals surface area contributed by atoms with Gasteiger partial charge in [-0.05, 0) is 43.7 Å². The van der Waals surface area contributed by atoms with Crippen LogP contribution in [0.5, 0.6) is 0 Å². The van der Waals surface area contributed by atoms with Gasteiger partial charge in [-0.2, -0.15) is 0 Å². The first-order valence-electron chi connectivity index (χ1n) is 7.40. The van der Waals surface area contributed by atoms with E-state index >= 15 is 0 Å². The number of amides is 2. The second-order valence-electron chi connectivity index (χ2n) is 5.64. The van der Waals surface area contributed by atoms with E-state index in [-0.39, 0.29) is 11.1 Å². The summed E-state index contributed by atoms with van der Waals surface area (Å²) in [7, 11) is 0. The number of carbonyl (C=O) groups is 1. The second kappa shape index (κ2) is 6.16. The van der Waals surface area contributed by atoms with Crippen molar-refractivity contribution in [3.63, 3.8) is 0 Å². The lowest BCUT2D eigenvalue weighted by molar-refractivity contribution is 0.262. The van der Waals surface area contributed by atoms with Crippen LogP contribution in [0.2, 0.25) is 0 Å². The highest BCUT2D eigenvalue weighted by Gasteiger charge is 2.09. The minimum absolute atomic E-state index is 0.114. The van der Waals surface area contributed by atoms with E-state index in [1.54, 1.807) is 6.07 Å². The van der Waals surface area contributed by atoms with Crippen LogP contribution in [0.25, 0.3) is 10.9 Å². The van der Waals surface area contributed by atoms with E-state index < -0.39 is 11.8 Å². The first-order valence-corrected chi connectivity index (χ1v) is 7.40. The van der Waals surface area contributed by atoms with Crippen LogP contribution in [-0.4, -0.2) is 11.0 Å². The largest absolute Gasteiger partial charge is 0.323 e. The van der Waals surface area contributed by atoms with Crippen LogP contribution < -0.4 is 16.2 Å². The van der Waals surface area contributed by atoms with Crippen LogP contribution in [0.4, 0.5) is 20.6 Å². The molecule has 24 heavy (non-hydrogen) atoms. The highest BCUT2D eigenvalue weighted by atomic mass is 19.1. The molecular formula is C18H16FN3O2. The molecule has 2 amide bonds. The Balaban J connectivity index is 1.82. The Morgan fingerprint density at radius 1 is 1.04 bits per heavy atom. The van der Waals surface area contributed by atoms with Crippen LogP contribution in [-0.2, 0) is 0 Å². The van der Waals surface area contributed by atoms with Gasteiger partial charge < -0.3 is 15.6 Å². The molecule has 0 saturated carbocycles. The second-order valence-corrected chi connectivity index (χ2v) is 5.64. The SMILES string of the molecule is Cc1ccc(NC(=O)Nc2cc(F)c3[nH]c(=O)ccc3c2)c(C)c1. The number of hydrogen-bond acceptors (Lipinski definition) is 2. The van der Waals surface area contributed by atoms with E-state index in [1.165, 1.54) is 18.2 Å². The van der Waals surface area contributed by atoms with Gasteiger partial charge in [0.1, 0.15) is 5.82 Å². The summed E-state index contributed by atoms with van der Waals surface area (Å²) in [4.78, 5) is 25.8. The number of hydrogen-bond donors (Lipinski definition) is 3. The van der Waals surface area contributed by atoms with E-state index in [0.29, 0.717) is 16.8 Å². The van der Waals surface area contributed by atoms with Crippen molar-refractivity contribution in [3.05, 3.63) is 69.8 Å². The molecule has 6 heteroatoms. The zero-order valence-electron chi connectivity index (χ0n) is 13.2. The lowest BCUT2D eigenvalue weighted by atomic mass is 10.1. The van der Waals surface area contributed by atoms with Crippen LogP contribution in [0, 0.1) is 19.7 Å². The topological polar surface area (TPSA) is 74.0 Å². The summed E-state index contributed by atoms with van der Waals surface area (Å²) in [6.07, 6.45) is 0. The third-order valence-corrected chi connectivity index (χ3v) is 3.67. The number of urea groups is 1. The number of H-pyrrole nitrogens is 1. The number of fused-ring (bicyclic) bond motifs is 1. The fourth-order valence-electron chi connectivity index (χ4n) is 2.53. The molecule has 0 unspecified atom stereocenters. The predicted octanol–water partition coefficient (Wildman–Crippen LogP) is 3.93. The fourth-order valence-corrected chi connectivity index (χ4v) is 2.53. The number of aromatic nitrogens is 1. The monoisotopic (exact) mass is 325 g/mol. The highest BCUT2D eigenvalue weighted by molar-refractivity contribution is 6.01. The van der Waals surface area contributed by atoms with Crippen molar-refractivity contribution < 1.29 is 9.18 Å². The minimum atomic E-state index is -0.605. The lowest BCUT2D eigenvalue weighted by Crippen LogP contribution is -2.20. The van der Waals surface area contributed by atoms with Gasteiger partial charge in [0.2, 0.25) is 5.56 Å². The summed E-state index contributed by atoms with van der Waals surface area (Å²) in [5, 5.41) is 5.83. The predicted molar refractivity (Wildman–Crippen MR) is 93.1 cm³/mol. The van der Waals surface area contributed by atoms with Crippen molar-refractivity contribution in [2.24, 2.45) is 0 Å². The van der Waals surface area contributed by atoms with Gasteiger partial charge in [0.15, 0.2) is 0 Å². The molecule has 0 aliphatic carbocycles. The Morgan fingerprint density at radius 2 is 1.83 bits per heavy atom. The minimum Gasteiger partial charge on any atom is -0.319 e. The molecule has 122 valence electrons. The van der Waals surface area contributed by atoms with Crippen LogP contribution in [0.3, 0.4) is 0 Å². The summed E-state index contributed by atoms with van der Waals surface area (Å²) in [6.45, 7) is 3.87. The van der Waals surface area contributed by atoms with E-state index in [2.05, 4.69) is 15.6 Å². The zero-order valence-corrected chi connectivity index (χ0v) is 13.2. The third-order valence-electron chi connectivity index (χ3n) is 3.67. The van der Waals surface area contributed by atoms with Gasteiger partial charge in [-0.3, -0.25) is 4.79 Å². The third kappa shape index (κ3) is 3.27. The first-order chi connectivity index (χ1) is 11.4. The van der Waals surface area contributed by atoms with Gasteiger partial charge in [0.05, 0.1) is 5.52 Å². The van der Waals surface area contributed by atoms with Crippen LogP contribution in [0.15, 0.2) is 47.3 Å². The normalized spacial score (nSPS) is 10.6. The van der Waals surface area contributed by atoms with Crippen LogP contribution >= 0.6 is 0 Å². The molecule has 0 radical (unpaired) electrons. The number of aryl methyl sites for hydroxylation is 2. The number of nitrogens with one attached hydrogen (secondary N) is 3. The molecule has 2 aromatic carbocycles. The van der Waals surface area contributed by atoms with E-state index in [4.69, 9.17) is 0 Å². The number of carbonyl (C=O) groups excluding carboxylic acids is 1. The molecule has 0 saturated heterocycles. The van der Waals surface area contributed by atoms with Crippen molar-refractivity contribution >= 4 is 28.3 Å². The van der Waals surface area contributed by atoms with E-state index in [1.807, 2.05) is 32.0 Å². The van der Waals surface area contributed by atoms with Crippen molar-refractivity contribution in [3.8, 4) is 0 Å².